The van der Waals surface area contributed by atoms with Gasteiger partial charge in [0, 0.05) is 30.0 Å². The van der Waals surface area contributed by atoms with Crippen molar-refractivity contribution < 1.29 is 9.59 Å². The second-order valence-electron chi connectivity index (χ2n) is 6.84. The molecule has 1 aliphatic carbocycles. The fraction of sp³-hybridized carbons (Fsp3) is 0.238. The van der Waals surface area contributed by atoms with E-state index in [2.05, 4.69) is 0 Å². The third-order valence-electron chi connectivity index (χ3n) is 5.20. The van der Waals surface area contributed by atoms with E-state index in [4.69, 9.17) is 46.4 Å². The molecule has 2 aromatic rings. The molecular weight excluding hydrogens is 440 g/mol. The van der Waals surface area contributed by atoms with Crippen LogP contribution in [0.5, 0.6) is 0 Å². The van der Waals surface area contributed by atoms with E-state index in [0.29, 0.717) is 61.9 Å². The normalized spacial score (nSPS) is 19.9. The molecule has 1 amide bonds. The highest BCUT2D eigenvalue weighted by Crippen LogP contribution is 2.47. The van der Waals surface area contributed by atoms with Gasteiger partial charge < -0.3 is 0 Å². The minimum Gasteiger partial charge on any atom is -0.294 e. The number of hydrogen-bond acceptors (Lipinski definition) is 2. The number of anilines is 1. The van der Waals surface area contributed by atoms with Crippen molar-refractivity contribution in [1.29, 1.82) is 0 Å². The second-order valence-corrected chi connectivity index (χ2v) is 8.41. The molecule has 4 rings (SSSR count). The van der Waals surface area contributed by atoms with Crippen molar-refractivity contribution in [2.45, 2.75) is 31.6 Å². The first-order chi connectivity index (χ1) is 13.4. The summed E-state index contributed by atoms with van der Waals surface area (Å²) in [6.45, 7) is 0. The Kier molecular flexibility index (Phi) is 5.45. The molecule has 0 aromatic heterocycles. The number of allylic oxidation sites excluding steroid dienone is 2. The number of Topliss-reactive ketones (excluding diaryl/α,β-unsaturated/α-hetero) is 1. The molecule has 1 aliphatic heterocycles. The number of carbonyl (C=O) groups is 2. The van der Waals surface area contributed by atoms with Gasteiger partial charge in [0.05, 0.1) is 25.8 Å². The van der Waals surface area contributed by atoms with Gasteiger partial charge in [-0.1, -0.05) is 64.6 Å². The van der Waals surface area contributed by atoms with Gasteiger partial charge in [0.25, 0.3) is 0 Å². The standard InChI is InChI=1S/C21H15Cl4NO2/c22-13-5-1-4-11(20(13)24)12-10-18(28)26(15-7-3-9-17(27)19(12)15)16-8-2-6-14(23)21(16)25/h1-2,4-6,8,12H,3,7,9-10H2. The number of ketones is 1. The summed E-state index contributed by atoms with van der Waals surface area (Å²) in [5.41, 5.74) is 2.49. The summed E-state index contributed by atoms with van der Waals surface area (Å²) in [5.74, 6) is -0.549. The molecule has 3 nitrogen and oxygen atoms in total. The topological polar surface area (TPSA) is 37.4 Å². The first-order valence-electron chi connectivity index (χ1n) is 8.87. The summed E-state index contributed by atoms with van der Waals surface area (Å²) in [6, 6.07) is 10.4. The van der Waals surface area contributed by atoms with E-state index in [1.807, 2.05) is 6.07 Å². The fourth-order valence-corrected chi connectivity index (χ4v) is 4.81. The first-order valence-corrected chi connectivity index (χ1v) is 10.4. The summed E-state index contributed by atoms with van der Waals surface area (Å²) in [4.78, 5) is 27.7. The van der Waals surface area contributed by atoms with E-state index in [9.17, 15) is 9.59 Å². The van der Waals surface area contributed by atoms with Crippen molar-refractivity contribution in [3.8, 4) is 0 Å². The van der Waals surface area contributed by atoms with E-state index in [0.717, 1.165) is 0 Å². The molecule has 2 aliphatic rings. The van der Waals surface area contributed by atoms with Gasteiger partial charge in [-0.3, -0.25) is 14.5 Å². The minimum absolute atomic E-state index is 0.0259. The number of halogens is 4. The van der Waals surface area contributed by atoms with Gasteiger partial charge >= 0.3 is 0 Å². The molecule has 2 aromatic carbocycles. The Morgan fingerprint density at radius 3 is 2.29 bits per heavy atom. The predicted octanol–water partition coefficient (Wildman–Crippen LogP) is 6.83. The molecule has 0 N–H and O–H groups in total. The van der Waals surface area contributed by atoms with Crippen LogP contribution in [-0.2, 0) is 9.59 Å². The zero-order valence-electron chi connectivity index (χ0n) is 14.6. The molecule has 0 radical (unpaired) electrons. The van der Waals surface area contributed by atoms with Crippen LogP contribution in [-0.4, -0.2) is 11.7 Å². The lowest BCUT2D eigenvalue weighted by atomic mass is 9.77. The Morgan fingerprint density at radius 1 is 0.857 bits per heavy atom. The molecule has 0 saturated heterocycles. The Morgan fingerprint density at radius 2 is 1.54 bits per heavy atom. The average Bonchev–Trinajstić information content (AvgIpc) is 2.66. The van der Waals surface area contributed by atoms with Crippen LogP contribution in [0.4, 0.5) is 5.69 Å². The zero-order valence-corrected chi connectivity index (χ0v) is 17.7. The van der Waals surface area contributed by atoms with Crippen LogP contribution in [0.1, 0.15) is 37.2 Å². The largest absolute Gasteiger partial charge is 0.294 e. The Hall–Kier alpha value is -1.52. The molecule has 28 heavy (non-hydrogen) atoms. The molecule has 144 valence electrons. The van der Waals surface area contributed by atoms with Gasteiger partial charge in [-0.05, 0) is 36.6 Å². The summed E-state index contributed by atoms with van der Waals surface area (Å²) >= 11 is 25.2. The van der Waals surface area contributed by atoms with Crippen molar-refractivity contribution in [1.82, 2.24) is 0 Å². The summed E-state index contributed by atoms with van der Waals surface area (Å²) in [6.07, 6.45) is 1.83. The summed E-state index contributed by atoms with van der Waals surface area (Å²) in [7, 11) is 0. The van der Waals surface area contributed by atoms with Crippen molar-refractivity contribution in [2.75, 3.05) is 4.90 Å². The molecule has 7 heteroatoms. The third-order valence-corrected chi connectivity index (χ3v) is 6.85. The smallest absolute Gasteiger partial charge is 0.232 e. The highest BCUT2D eigenvalue weighted by atomic mass is 35.5. The fourth-order valence-electron chi connectivity index (χ4n) is 3.99. The molecule has 1 atom stereocenters. The molecule has 1 unspecified atom stereocenters. The average molecular weight is 455 g/mol. The van der Waals surface area contributed by atoms with Crippen LogP contribution in [0.2, 0.25) is 20.1 Å². The quantitative estimate of drug-likeness (QED) is 0.498. The van der Waals surface area contributed by atoms with Gasteiger partial charge in [-0.2, -0.15) is 0 Å². The third kappa shape index (κ3) is 3.25. The SMILES string of the molecule is O=C1CCCC2=C1C(c1cccc(Cl)c1Cl)CC(=O)N2c1cccc(Cl)c1Cl. The molecule has 0 fully saturated rings. The molecule has 0 saturated carbocycles. The van der Waals surface area contributed by atoms with E-state index in [1.165, 1.54) is 0 Å². The van der Waals surface area contributed by atoms with Gasteiger partial charge in [0.2, 0.25) is 5.91 Å². The maximum absolute atomic E-state index is 13.2. The van der Waals surface area contributed by atoms with Crippen LogP contribution in [0.3, 0.4) is 0 Å². The highest BCUT2D eigenvalue weighted by molar-refractivity contribution is 6.44. The number of benzene rings is 2. The van der Waals surface area contributed by atoms with E-state index in [-0.39, 0.29) is 18.1 Å². The number of rotatable bonds is 2. The van der Waals surface area contributed by atoms with Gasteiger partial charge in [0.15, 0.2) is 5.78 Å². The van der Waals surface area contributed by atoms with Crippen LogP contribution in [0.25, 0.3) is 0 Å². The Balaban J connectivity index is 1.92. The van der Waals surface area contributed by atoms with Crippen LogP contribution in [0.15, 0.2) is 47.7 Å². The highest BCUT2D eigenvalue weighted by Gasteiger charge is 2.41. The lowest BCUT2D eigenvalue weighted by molar-refractivity contribution is -0.119. The monoisotopic (exact) mass is 453 g/mol. The van der Waals surface area contributed by atoms with E-state index < -0.39 is 5.92 Å². The van der Waals surface area contributed by atoms with Crippen molar-refractivity contribution in [3.63, 3.8) is 0 Å². The number of carbonyl (C=O) groups excluding carboxylic acids is 2. The van der Waals surface area contributed by atoms with Gasteiger partial charge in [-0.25, -0.2) is 0 Å². The van der Waals surface area contributed by atoms with E-state index >= 15 is 0 Å². The van der Waals surface area contributed by atoms with Crippen LogP contribution >= 0.6 is 46.4 Å². The lowest BCUT2D eigenvalue weighted by Gasteiger charge is -2.39. The maximum atomic E-state index is 13.2. The van der Waals surface area contributed by atoms with Crippen LogP contribution < -0.4 is 4.90 Å². The number of nitrogens with zero attached hydrogens (tertiary/aromatic N) is 1. The van der Waals surface area contributed by atoms with E-state index in [1.54, 1.807) is 35.2 Å². The molecule has 0 spiro atoms. The molecule has 0 bridgehead atoms. The molecule has 1 heterocycles. The Bertz CT molecular complexity index is 1030. The summed E-state index contributed by atoms with van der Waals surface area (Å²) in [5, 5.41) is 1.43. The summed E-state index contributed by atoms with van der Waals surface area (Å²) < 4.78 is 0. The maximum Gasteiger partial charge on any atom is 0.232 e. The van der Waals surface area contributed by atoms with Gasteiger partial charge in [-0.15, -0.1) is 0 Å². The number of amides is 1. The lowest BCUT2D eigenvalue weighted by Crippen LogP contribution is -2.40. The van der Waals surface area contributed by atoms with Crippen molar-refractivity contribution in [3.05, 3.63) is 73.3 Å². The Labute approximate surface area is 182 Å². The predicted molar refractivity (Wildman–Crippen MR) is 114 cm³/mol. The zero-order chi connectivity index (χ0) is 20.0. The molecular formula is C21H15Cl4NO2. The minimum atomic E-state index is -0.421. The van der Waals surface area contributed by atoms with Crippen LogP contribution in [0, 0.1) is 0 Å². The number of hydrogen-bond donors (Lipinski definition) is 0. The second kappa shape index (κ2) is 7.72. The van der Waals surface area contributed by atoms with Gasteiger partial charge in [0.1, 0.15) is 0 Å². The first kappa shape index (κ1) is 19.8. The van der Waals surface area contributed by atoms with Crippen molar-refractivity contribution >= 4 is 63.8 Å². The van der Waals surface area contributed by atoms with Crippen molar-refractivity contribution in [2.24, 2.45) is 0 Å².